The van der Waals surface area contributed by atoms with Gasteiger partial charge in [-0.15, -0.1) is 12.3 Å². The molecule has 1 aromatic carbocycles. The third-order valence-electron chi connectivity index (χ3n) is 7.08. The maximum Gasteiger partial charge on any atom is 0.416 e. The number of carbonyl (C=O) groups excluding carboxylic acids is 2. The van der Waals surface area contributed by atoms with Crippen molar-refractivity contribution in [1.29, 1.82) is 0 Å². The molecule has 2 heterocycles. The average molecular weight is 511 g/mol. The molecular formula is C28H35FN2O4Si. The molecule has 1 aromatic heterocycles. The lowest BCUT2D eigenvalue weighted by Gasteiger charge is -2.41. The summed E-state index contributed by atoms with van der Waals surface area (Å²) in [5.74, 6) is 0.824. The number of imide groups is 1. The summed E-state index contributed by atoms with van der Waals surface area (Å²) in [7, 11) is -2.44. The molecule has 1 saturated heterocycles. The fourth-order valence-electron chi connectivity index (χ4n) is 4.05. The summed E-state index contributed by atoms with van der Waals surface area (Å²) in [6.45, 7) is 10.5. The number of cyclic esters (lactones) is 1. The Bertz CT molecular complexity index is 1110. The molecule has 6 nitrogen and oxygen atoms in total. The van der Waals surface area contributed by atoms with E-state index in [1.807, 2.05) is 30.3 Å². The lowest BCUT2D eigenvalue weighted by Crippen LogP contribution is -2.48. The van der Waals surface area contributed by atoms with Crippen LogP contribution in [0.5, 0.6) is 0 Å². The second-order valence-corrected chi connectivity index (χ2v) is 15.5. The average Bonchev–Trinajstić information content (AvgIpc) is 3.17. The van der Waals surface area contributed by atoms with Gasteiger partial charge in [-0.2, -0.15) is 0 Å². The van der Waals surface area contributed by atoms with Crippen molar-refractivity contribution in [1.82, 2.24) is 9.88 Å². The van der Waals surface area contributed by atoms with Crippen molar-refractivity contribution in [3.05, 3.63) is 65.7 Å². The van der Waals surface area contributed by atoms with E-state index in [0.717, 1.165) is 11.8 Å². The molecule has 1 aliphatic rings. The van der Waals surface area contributed by atoms with E-state index in [1.165, 1.54) is 17.2 Å². The molecule has 3 rings (SSSR count). The van der Waals surface area contributed by atoms with Crippen LogP contribution < -0.4 is 0 Å². The molecule has 1 aliphatic heterocycles. The van der Waals surface area contributed by atoms with Crippen LogP contribution in [0.15, 0.2) is 48.8 Å². The summed E-state index contributed by atoms with van der Waals surface area (Å²) in [6, 6.07) is 10.5. The first-order valence-electron chi connectivity index (χ1n) is 12.2. The summed E-state index contributed by atoms with van der Waals surface area (Å²) < 4.78 is 26.3. The van der Waals surface area contributed by atoms with E-state index in [9.17, 15) is 14.0 Å². The minimum absolute atomic E-state index is 0.108. The number of hydrogen-bond donors (Lipinski definition) is 0. The van der Waals surface area contributed by atoms with Gasteiger partial charge in [0.1, 0.15) is 12.4 Å². The number of ether oxygens (including phenoxy) is 1. The molecule has 0 N–H and O–H groups in total. The molecule has 8 heteroatoms. The maximum absolute atomic E-state index is 14.3. The third-order valence-corrected chi connectivity index (χ3v) is 11.5. The third kappa shape index (κ3) is 6.39. The Kier molecular flexibility index (Phi) is 8.70. The summed E-state index contributed by atoms with van der Waals surface area (Å²) >= 11 is 0. The molecule has 2 aromatic rings. The van der Waals surface area contributed by atoms with Gasteiger partial charge >= 0.3 is 6.09 Å². The molecule has 0 aliphatic carbocycles. The van der Waals surface area contributed by atoms with E-state index in [-0.39, 0.29) is 18.1 Å². The second-order valence-electron chi connectivity index (χ2n) is 10.7. The van der Waals surface area contributed by atoms with Gasteiger partial charge in [0.2, 0.25) is 5.91 Å². The van der Waals surface area contributed by atoms with Crippen LogP contribution in [0.4, 0.5) is 9.18 Å². The Morgan fingerprint density at radius 2 is 2.00 bits per heavy atom. The Morgan fingerprint density at radius 3 is 2.61 bits per heavy atom. The van der Waals surface area contributed by atoms with E-state index >= 15 is 0 Å². The lowest BCUT2D eigenvalue weighted by molar-refractivity contribution is -0.137. The number of nitrogens with zero attached hydrogens (tertiary/aromatic N) is 2. The summed E-state index contributed by atoms with van der Waals surface area (Å²) in [6.07, 6.45) is 7.73. The molecule has 0 saturated carbocycles. The Labute approximate surface area is 214 Å². The number of aromatic nitrogens is 1. The molecule has 0 radical (unpaired) electrons. The van der Waals surface area contributed by atoms with Crippen molar-refractivity contribution >= 4 is 20.3 Å². The second kappa shape index (κ2) is 11.4. The minimum atomic E-state index is -2.44. The molecule has 36 heavy (non-hydrogen) atoms. The number of halogens is 1. The Morgan fingerprint density at radius 1 is 1.31 bits per heavy atom. The number of amides is 2. The van der Waals surface area contributed by atoms with Gasteiger partial charge < -0.3 is 9.16 Å². The van der Waals surface area contributed by atoms with Gasteiger partial charge in [0.25, 0.3) is 0 Å². The van der Waals surface area contributed by atoms with E-state index in [4.69, 9.17) is 15.6 Å². The largest absolute Gasteiger partial charge is 0.447 e. The number of benzene rings is 1. The van der Waals surface area contributed by atoms with E-state index in [1.54, 1.807) is 0 Å². The van der Waals surface area contributed by atoms with Gasteiger partial charge in [0.05, 0.1) is 24.3 Å². The van der Waals surface area contributed by atoms with Crippen LogP contribution in [0, 0.1) is 24.1 Å². The number of carbonyl (C=O) groups is 2. The van der Waals surface area contributed by atoms with Crippen LogP contribution in [0.2, 0.25) is 18.1 Å². The van der Waals surface area contributed by atoms with E-state index in [0.29, 0.717) is 18.4 Å². The molecule has 3 atom stereocenters. The highest BCUT2D eigenvalue weighted by Crippen LogP contribution is 2.43. The van der Waals surface area contributed by atoms with Crippen molar-refractivity contribution in [2.75, 3.05) is 6.61 Å². The smallest absolute Gasteiger partial charge is 0.416 e. The predicted octanol–water partition coefficient (Wildman–Crippen LogP) is 5.90. The van der Waals surface area contributed by atoms with Crippen LogP contribution in [0.25, 0.3) is 0 Å². The van der Waals surface area contributed by atoms with Crippen molar-refractivity contribution in [2.24, 2.45) is 5.92 Å². The van der Waals surface area contributed by atoms with Crippen LogP contribution in [-0.4, -0.2) is 42.9 Å². The Balaban J connectivity index is 2.02. The zero-order valence-corrected chi connectivity index (χ0v) is 22.7. The topological polar surface area (TPSA) is 68.7 Å². The van der Waals surface area contributed by atoms with Gasteiger partial charge in [0.15, 0.2) is 8.32 Å². The van der Waals surface area contributed by atoms with Gasteiger partial charge in [-0.3, -0.25) is 9.78 Å². The van der Waals surface area contributed by atoms with Crippen LogP contribution >= 0.6 is 0 Å². The monoisotopic (exact) mass is 510 g/mol. The lowest BCUT2D eigenvalue weighted by atomic mass is 9.90. The number of rotatable bonds is 9. The quantitative estimate of drug-likeness (QED) is 0.310. The zero-order chi connectivity index (χ0) is 26.5. The molecule has 192 valence electrons. The standard InChI is InChI=1S/C28H35FN2O4Si/c1-7-8-14-24(25(21-16-22(29)18-30-17-21)35-36(5,6)28(2,3)4)26(32)31-23(19-34-27(31)33)15-20-12-10-9-11-13-20/h1,9-13,16-18,23-25H,8,14-15,19H2,2-6H3/t23-,24+,25?/m0/s1. The van der Waals surface area contributed by atoms with Crippen LogP contribution in [0.3, 0.4) is 0 Å². The molecule has 1 fully saturated rings. The molecule has 1 unspecified atom stereocenters. The SMILES string of the molecule is C#CCC[C@@H](C(=O)N1C(=O)OC[C@@H]1Cc1ccccc1)C(O[Si](C)(C)C(C)(C)C)c1cncc(F)c1. The molecule has 0 spiro atoms. The maximum atomic E-state index is 14.3. The van der Waals surface area contributed by atoms with Crippen LogP contribution in [-0.2, 0) is 20.4 Å². The van der Waals surface area contributed by atoms with Crippen molar-refractivity contribution in [2.45, 2.75) is 70.3 Å². The van der Waals surface area contributed by atoms with E-state index in [2.05, 4.69) is 44.8 Å². The van der Waals surface area contributed by atoms with Gasteiger partial charge in [-0.1, -0.05) is 51.1 Å². The summed E-state index contributed by atoms with van der Waals surface area (Å²) in [4.78, 5) is 32.1. The fraction of sp³-hybridized carbons (Fsp3) is 0.464. The minimum Gasteiger partial charge on any atom is -0.447 e. The van der Waals surface area contributed by atoms with Crippen molar-refractivity contribution in [3.8, 4) is 12.3 Å². The van der Waals surface area contributed by atoms with Gasteiger partial charge in [-0.05, 0) is 42.6 Å². The zero-order valence-electron chi connectivity index (χ0n) is 21.7. The molecule has 2 amide bonds. The van der Waals surface area contributed by atoms with Crippen molar-refractivity contribution in [3.63, 3.8) is 0 Å². The summed E-state index contributed by atoms with van der Waals surface area (Å²) in [5.41, 5.74) is 1.43. The highest BCUT2D eigenvalue weighted by molar-refractivity contribution is 6.74. The molecule has 0 bridgehead atoms. The first-order chi connectivity index (χ1) is 16.9. The Hall–Kier alpha value is -3.02. The van der Waals surface area contributed by atoms with E-state index < -0.39 is 44.2 Å². The first-order valence-corrected chi connectivity index (χ1v) is 15.1. The highest BCUT2D eigenvalue weighted by Gasteiger charge is 2.47. The van der Waals surface area contributed by atoms with Gasteiger partial charge in [0, 0.05) is 18.2 Å². The number of terminal acetylenes is 1. The summed E-state index contributed by atoms with van der Waals surface area (Å²) in [5, 5.41) is -0.172. The van der Waals surface area contributed by atoms with Gasteiger partial charge in [-0.25, -0.2) is 14.1 Å². The highest BCUT2D eigenvalue weighted by atomic mass is 28.4. The predicted molar refractivity (Wildman–Crippen MR) is 139 cm³/mol. The molecular weight excluding hydrogens is 475 g/mol. The first kappa shape index (κ1) is 27.6. The number of hydrogen-bond acceptors (Lipinski definition) is 5. The van der Waals surface area contributed by atoms with Crippen molar-refractivity contribution < 1.29 is 23.1 Å². The fourth-order valence-corrected chi connectivity index (χ4v) is 5.34. The van der Waals surface area contributed by atoms with Crippen LogP contribution in [0.1, 0.15) is 50.8 Å². The number of pyridine rings is 1. The normalized spacial score (nSPS) is 17.9.